The van der Waals surface area contributed by atoms with Crippen molar-refractivity contribution in [2.75, 3.05) is 6.61 Å². The van der Waals surface area contributed by atoms with Crippen molar-refractivity contribution in [3.63, 3.8) is 0 Å². The Bertz CT molecular complexity index is 198. The molecule has 0 spiro atoms. The van der Waals surface area contributed by atoms with E-state index in [4.69, 9.17) is 4.74 Å². The van der Waals surface area contributed by atoms with Gasteiger partial charge in [0.2, 0.25) is 5.88 Å². The van der Waals surface area contributed by atoms with Crippen molar-refractivity contribution in [2.45, 2.75) is 32.1 Å². The summed E-state index contributed by atoms with van der Waals surface area (Å²) in [6.45, 7) is 0.679. The van der Waals surface area contributed by atoms with Gasteiger partial charge in [-0.2, -0.15) is 0 Å². The van der Waals surface area contributed by atoms with E-state index in [-0.39, 0.29) is 0 Å². The van der Waals surface area contributed by atoms with Crippen LogP contribution < -0.4 is 0 Å². The summed E-state index contributed by atoms with van der Waals surface area (Å²) in [7, 11) is 0. The zero-order valence-corrected chi connectivity index (χ0v) is 6.68. The van der Waals surface area contributed by atoms with Crippen molar-refractivity contribution in [1.82, 2.24) is 0 Å². The van der Waals surface area contributed by atoms with E-state index in [1.54, 1.807) is 0 Å². The number of hydrogen-bond donors (Lipinski definition) is 0. The number of rotatable bonds is 0. The Morgan fingerprint density at radius 1 is 1.18 bits per heavy atom. The summed E-state index contributed by atoms with van der Waals surface area (Å²) in [6, 6.07) is 0. The van der Waals surface area contributed by atoms with Gasteiger partial charge in [-0.15, -0.1) is 0 Å². The zero-order valence-electron chi connectivity index (χ0n) is 6.68. The second kappa shape index (κ2) is 3.07. The third-order valence-electron chi connectivity index (χ3n) is 2.26. The van der Waals surface area contributed by atoms with Crippen LogP contribution in [0.4, 0.5) is 0 Å². The first-order valence-corrected chi connectivity index (χ1v) is 4.34. The molecule has 2 rings (SSSR count). The van der Waals surface area contributed by atoms with Gasteiger partial charge >= 0.3 is 0 Å². The van der Waals surface area contributed by atoms with Gasteiger partial charge in [0.25, 0.3) is 0 Å². The van der Waals surface area contributed by atoms with Crippen LogP contribution >= 0.6 is 0 Å². The molecule has 2 heteroatoms. The molecule has 2 aliphatic rings. The van der Waals surface area contributed by atoms with Crippen LogP contribution in [0.1, 0.15) is 32.1 Å². The fourth-order valence-corrected chi connectivity index (χ4v) is 1.66. The van der Waals surface area contributed by atoms with Gasteiger partial charge in [-0.25, -0.2) is 4.99 Å². The summed E-state index contributed by atoms with van der Waals surface area (Å²) < 4.78 is 5.35. The van der Waals surface area contributed by atoms with E-state index in [1.165, 1.54) is 37.7 Å². The first-order valence-electron chi connectivity index (χ1n) is 4.34. The van der Waals surface area contributed by atoms with Crippen LogP contribution in [0.2, 0.25) is 0 Å². The number of aliphatic imine (C=N–C) groups is 1. The van der Waals surface area contributed by atoms with Crippen molar-refractivity contribution in [3.05, 3.63) is 11.5 Å². The maximum atomic E-state index is 5.35. The molecule has 0 bridgehead atoms. The molecule has 1 aliphatic carbocycles. The predicted molar refractivity (Wildman–Crippen MR) is 44.6 cm³/mol. The average Bonchev–Trinajstić information content (AvgIpc) is 2.58. The van der Waals surface area contributed by atoms with Crippen LogP contribution in [-0.2, 0) is 4.74 Å². The van der Waals surface area contributed by atoms with Crippen LogP contribution in [0.5, 0.6) is 0 Å². The van der Waals surface area contributed by atoms with Gasteiger partial charge in [0.1, 0.15) is 6.61 Å². The lowest BCUT2D eigenvalue weighted by Crippen LogP contribution is -1.97. The molecule has 0 N–H and O–H groups in total. The minimum Gasteiger partial charge on any atom is -0.472 e. The van der Waals surface area contributed by atoms with Crippen molar-refractivity contribution in [1.29, 1.82) is 0 Å². The molecule has 60 valence electrons. The average molecular weight is 151 g/mol. The smallest absolute Gasteiger partial charge is 0.212 e. The molecule has 0 radical (unpaired) electrons. The van der Waals surface area contributed by atoms with E-state index < -0.39 is 0 Å². The first-order chi connectivity index (χ1) is 5.47. The fraction of sp³-hybridized carbons (Fsp3) is 0.667. The Morgan fingerprint density at radius 3 is 2.64 bits per heavy atom. The highest BCUT2D eigenvalue weighted by molar-refractivity contribution is 5.62. The quantitative estimate of drug-likeness (QED) is 0.520. The van der Waals surface area contributed by atoms with Crippen LogP contribution in [0.3, 0.4) is 0 Å². The van der Waals surface area contributed by atoms with Crippen molar-refractivity contribution < 1.29 is 4.74 Å². The highest BCUT2D eigenvalue weighted by Gasteiger charge is 2.13. The van der Waals surface area contributed by atoms with E-state index in [0.29, 0.717) is 6.61 Å². The van der Waals surface area contributed by atoms with Gasteiger partial charge in [0, 0.05) is 6.21 Å². The first kappa shape index (κ1) is 6.89. The Labute approximate surface area is 67.0 Å². The molecule has 0 aromatic rings. The third-order valence-corrected chi connectivity index (χ3v) is 2.26. The molecule has 1 aliphatic heterocycles. The molecular formula is C9H13NO. The van der Waals surface area contributed by atoms with E-state index in [9.17, 15) is 0 Å². The third kappa shape index (κ3) is 1.44. The number of hydrogen-bond acceptors (Lipinski definition) is 2. The molecule has 11 heavy (non-hydrogen) atoms. The molecule has 0 saturated heterocycles. The Morgan fingerprint density at radius 2 is 2.00 bits per heavy atom. The Kier molecular flexibility index (Phi) is 1.93. The minimum absolute atomic E-state index is 0.679. The van der Waals surface area contributed by atoms with Gasteiger partial charge in [0.15, 0.2) is 0 Å². The van der Waals surface area contributed by atoms with Crippen molar-refractivity contribution >= 4 is 6.21 Å². The molecule has 1 fully saturated rings. The van der Waals surface area contributed by atoms with Crippen LogP contribution in [-0.4, -0.2) is 12.8 Å². The maximum absolute atomic E-state index is 5.35. The zero-order chi connectivity index (χ0) is 7.52. The van der Waals surface area contributed by atoms with E-state index in [1.807, 2.05) is 6.21 Å². The summed E-state index contributed by atoms with van der Waals surface area (Å²) in [5.41, 5.74) is 1.44. The van der Waals surface area contributed by atoms with E-state index in [2.05, 4.69) is 4.99 Å². The van der Waals surface area contributed by atoms with Gasteiger partial charge < -0.3 is 4.74 Å². The summed E-state index contributed by atoms with van der Waals surface area (Å²) in [5, 5.41) is 0. The summed E-state index contributed by atoms with van der Waals surface area (Å²) in [5.74, 6) is 0.921. The highest BCUT2D eigenvalue weighted by atomic mass is 16.5. The molecular weight excluding hydrogens is 138 g/mol. The maximum Gasteiger partial charge on any atom is 0.212 e. The number of nitrogens with zero attached hydrogens (tertiary/aromatic N) is 1. The number of allylic oxidation sites excluding steroid dienone is 1. The van der Waals surface area contributed by atoms with Gasteiger partial charge in [0.05, 0.1) is 0 Å². The summed E-state index contributed by atoms with van der Waals surface area (Å²) in [4.78, 5) is 4.19. The monoisotopic (exact) mass is 151 g/mol. The Hall–Kier alpha value is -0.790. The number of ether oxygens (including phenoxy) is 1. The normalized spacial score (nSPS) is 24.0. The van der Waals surface area contributed by atoms with E-state index >= 15 is 0 Å². The predicted octanol–water partition coefficient (Wildman–Crippen LogP) is 2.26. The second-order valence-electron chi connectivity index (χ2n) is 3.09. The van der Waals surface area contributed by atoms with Crippen LogP contribution in [0.25, 0.3) is 0 Å². The SMILES string of the molecule is C1=NC(=C2CCCCC2)OC1. The molecule has 0 aromatic carbocycles. The van der Waals surface area contributed by atoms with Crippen LogP contribution in [0.15, 0.2) is 16.4 Å². The lowest BCUT2D eigenvalue weighted by molar-refractivity contribution is 0.268. The minimum atomic E-state index is 0.679. The summed E-state index contributed by atoms with van der Waals surface area (Å²) in [6.07, 6.45) is 8.26. The van der Waals surface area contributed by atoms with Gasteiger partial charge in [-0.05, 0) is 31.3 Å². The molecule has 0 atom stereocenters. The van der Waals surface area contributed by atoms with E-state index in [0.717, 1.165) is 5.88 Å². The Balaban J connectivity index is 2.10. The van der Waals surface area contributed by atoms with Crippen molar-refractivity contribution in [2.24, 2.45) is 4.99 Å². The molecule has 1 heterocycles. The molecule has 2 nitrogen and oxygen atoms in total. The second-order valence-corrected chi connectivity index (χ2v) is 3.09. The fourth-order valence-electron chi connectivity index (χ4n) is 1.66. The molecule has 0 amide bonds. The van der Waals surface area contributed by atoms with Crippen LogP contribution in [0, 0.1) is 0 Å². The molecule has 1 saturated carbocycles. The van der Waals surface area contributed by atoms with Gasteiger partial charge in [-0.3, -0.25) is 0 Å². The van der Waals surface area contributed by atoms with Crippen molar-refractivity contribution in [3.8, 4) is 0 Å². The standard InChI is InChI=1S/C9H13NO/c1-2-4-8(5-3-1)9-10-6-7-11-9/h6H,1-5,7H2. The lowest BCUT2D eigenvalue weighted by atomic mass is 9.95. The highest BCUT2D eigenvalue weighted by Crippen LogP contribution is 2.27. The molecule has 0 unspecified atom stereocenters. The largest absolute Gasteiger partial charge is 0.472 e. The summed E-state index contributed by atoms with van der Waals surface area (Å²) >= 11 is 0. The topological polar surface area (TPSA) is 21.6 Å². The molecule has 0 aromatic heterocycles. The lowest BCUT2D eigenvalue weighted by Gasteiger charge is -2.14. The van der Waals surface area contributed by atoms with Gasteiger partial charge in [-0.1, -0.05) is 6.42 Å².